The monoisotopic (exact) mass is 278 g/mol. The van der Waals surface area contributed by atoms with Crippen LogP contribution >= 0.6 is 0 Å². The summed E-state index contributed by atoms with van der Waals surface area (Å²) in [4.78, 5) is 27.2. The van der Waals surface area contributed by atoms with Crippen molar-refractivity contribution in [1.29, 1.82) is 0 Å². The maximum absolute atomic E-state index is 12.8. The Morgan fingerprint density at radius 3 is 2.25 bits per heavy atom. The number of nitrogens with one attached hydrogen (secondary N) is 1. The van der Waals surface area contributed by atoms with Crippen LogP contribution in [-0.4, -0.2) is 35.3 Å². The zero-order chi connectivity index (χ0) is 14.2. The van der Waals surface area contributed by atoms with E-state index in [1.165, 1.54) is 25.7 Å². The van der Waals surface area contributed by atoms with Gasteiger partial charge in [0.1, 0.15) is 11.6 Å². The highest BCUT2D eigenvalue weighted by molar-refractivity contribution is 5.99. The fourth-order valence-corrected chi connectivity index (χ4v) is 4.40. The second kappa shape index (κ2) is 5.38. The van der Waals surface area contributed by atoms with Gasteiger partial charge in [0.2, 0.25) is 11.8 Å². The number of carbonyl (C=O) groups excluding carboxylic acids is 2. The van der Waals surface area contributed by atoms with E-state index >= 15 is 0 Å². The highest BCUT2D eigenvalue weighted by Gasteiger charge is 2.52. The van der Waals surface area contributed by atoms with E-state index in [9.17, 15) is 9.59 Å². The van der Waals surface area contributed by atoms with Gasteiger partial charge in [0.05, 0.1) is 0 Å². The summed E-state index contributed by atoms with van der Waals surface area (Å²) in [6.07, 6.45) is 10.8. The predicted octanol–water partition coefficient (Wildman–Crippen LogP) is 2.23. The van der Waals surface area contributed by atoms with E-state index in [1.54, 1.807) is 4.90 Å². The van der Waals surface area contributed by atoms with Gasteiger partial charge in [-0.15, -0.1) is 0 Å². The van der Waals surface area contributed by atoms with Crippen molar-refractivity contribution in [3.05, 3.63) is 0 Å². The van der Waals surface area contributed by atoms with E-state index < -0.39 is 5.54 Å². The Bertz CT molecular complexity index is 391. The number of hydrogen-bond acceptors (Lipinski definition) is 2. The normalized spacial score (nSPS) is 31.4. The first-order valence-corrected chi connectivity index (χ1v) is 8.24. The molecule has 3 rings (SSSR count). The van der Waals surface area contributed by atoms with Crippen LogP contribution in [0.3, 0.4) is 0 Å². The quantitative estimate of drug-likeness (QED) is 0.799. The Morgan fingerprint density at radius 1 is 1.00 bits per heavy atom. The van der Waals surface area contributed by atoms with Crippen molar-refractivity contribution in [1.82, 2.24) is 10.2 Å². The first kappa shape index (κ1) is 13.9. The minimum atomic E-state index is -0.541. The molecule has 2 saturated carbocycles. The maximum Gasteiger partial charge on any atom is 0.246 e. The van der Waals surface area contributed by atoms with Gasteiger partial charge in [0.15, 0.2) is 0 Å². The number of nitrogens with zero attached hydrogens (tertiary/aromatic N) is 1. The van der Waals surface area contributed by atoms with Crippen LogP contribution in [0.25, 0.3) is 0 Å². The molecule has 112 valence electrons. The van der Waals surface area contributed by atoms with Crippen LogP contribution in [0.2, 0.25) is 0 Å². The van der Waals surface area contributed by atoms with E-state index in [4.69, 9.17) is 0 Å². The zero-order valence-corrected chi connectivity index (χ0v) is 12.5. The predicted molar refractivity (Wildman–Crippen MR) is 77.1 cm³/mol. The lowest BCUT2D eigenvalue weighted by atomic mass is 9.75. The number of rotatable bonds is 1. The molecule has 0 aromatic heterocycles. The molecule has 0 aromatic rings. The minimum absolute atomic E-state index is 0.106. The third-order valence-corrected chi connectivity index (χ3v) is 5.75. The van der Waals surface area contributed by atoms with Crippen molar-refractivity contribution in [2.45, 2.75) is 75.8 Å². The second-order valence-corrected chi connectivity index (χ2v) is 6.84. The van der Waals surface area contributed by atoms with Crippen LogP contribution < -0.4 is 5.32 Å². The largest absolute Gasteiger partial charge is 0.342 e. The molecule has 0 radical (unpaired) electrons. The van der Waals surface area contributed by atoms with Crippen molar-refractivity contribution in [3.63, 3.8) is 0 Å². The lowest BCUT2D eigenvalue weighted by Gasteiger charge is -2.50. The summed E-state index contributed by atoms with van der Waals surface area (Å²) in [5.41, 5.74) is -0.541. The molecule has 1 saturated heterocycles. The molecule has 3 fully saturated rings. The van der Waals surface area contributed by atoms with E-state index in [0.717, 1.165) is 38.5 Å². The molecule has 0 aromatic carbocycles. The van der Waals surface area contributed by atoms with E-state index in [0.29, 0.717) is 5.92 Å². The van der Waals surface area contributed by atoms with Gasteiger partial charge in [0.25, 0.3) is 0 Å². The van der Waals surface area contributed by atoms with Crippen molar-refractivity contribution < 1.29 is 9.59 Å². The molecule has 4 nitrogen and oxygen atoms in total. The van der Waals surface area contributed by atoms with Crippen LogP contribution in [0.15, 0.2) is 0 Å². The molecule has 1 spiro atoms. The first-order valence-electron chi connectivity index (χ1n) is 8.24. The minimum Gasteiger partial charge on any atom is -0.342 e. The Kier molecular flexibility index (Phi) is 3.74. The fraction of sp³-hybridized carbons (Fsp3) is 0.875. The number of hydrogen-bond donors (Lipinski definition) is 1. The van der Waals surface area contributed by atoms with Crippen molar-refractivity contribution in [3.8, 4) is 0 Å². The lowest BCUT2D eigenvalue weighted by Crippen LogP contribution is -2.71. The van der Waals surface area contributed by atoms with E-state index in [1.807, 2.05) is 7.05 Å². The molecular weight excluding hydrogens is 252 g/mol. The summed E-state index contributed by atoms with van der Waals surface area (Å²) in [6, 6.07) is -0.264. The number of carbonyl (C=O) groups is 2. The Balaban J connectivity index is 1.79. The molecule has 1 N–H and O–H groups in total. The summed E-state index contributed by atoms with van der Waals surface area (Å²) in [7, 11) is 1.85. The molecular formula is C16H26N2O2. The Hall–Kier alpha value is -1.06. The Labute approximate surface area is 121 Å². The first-order chi connectivity index (χ1) is 9.65. The molecule has 1 aliphatic heterocycles. The van der Waals surface area contributed by atoms with Gasteiger partial charge in [-0.2, -0.15) is 0 Å². The molecule has 1 heterocycles. The van der Waals surface area contributed by atoms with Gasteiger partial charge >= 0.3 is 0 Å². The molecule has 1 unspecified atom stereocenters. The molecule has 1 atom stereocenters. The second-order valence-electron chi connectivity index (χ2n) is 6.84. The van der Waals surface area contributed by atoms with Gasteiger partial charge in [0, 0.05) is 7.05 Å². The molecule has 20 heavy (non-hydrogen) atoms. The van der Waals surface area contributed by atoms with Crippen LogP contribution in [-0.2, 0) is 9.59 Å². The zero-order valence-electron chi connectivity index (χ0n) is 12.5. The van der Waals surface area contributed by atoms with E-state index in [2.05, 4.69) is 5.32 Å². The van der Waals surface area contributed by atoms with Gasteiger partial charge in [-0.3, -0.25) is 9.59 Å². The van der Waals surface area contributed by atoms with E-state index in [-0.39, 0.29) is 17.9 Å². The van der Waals surface area contributed by atoms with Gasteiger partial charge in [-0.05, 0) is 31.6 Å². The van der Waals surface area contributed by atoms with Crippen molar-refractivity contribution >= 4 is 11.8 Å². The van der Waals surface area contributed by atoms with Crippen LogP contribution in [0, 0.1) is 5.92 Å². The van der Waals surface area contributed by atoms with Gasteiger partial charge in [-0.1, -0.05) is 38.5 Å². The molecule has 4 heteroatoms. The highest BCUT2D eigenvalue weighted by Crippen LogP contribution is 2.38. The average molecular weight is 278 g/mol. The van der Waals surface area contributed by atoms with Crippen molar-refractivity contribution in [2.24, 2.45) is 5.92 Å². The highest BCUT2D eigenvalue weighted by atomic mass is 16.2. The molecule has 2 amide bonds. The van der Waals surface area contributed by atoms with Gasteiger partial charge < -0.3 is 10.2 Å². The number of amides is 2. The van der Waals surface area contributed by atoms with Crippen LogP contribution in [0.5, 0.6) is 0 Å². The smallest absolute Gasteiger partial charge is 0.246 e. The van der Waals surface area contributed by atoms with Gasteiger partial charge in [-0.25, -0.2) is 0 Å². The van der Waals surface area contributed by atoms with Crippen molar-refractivity contribution in [2.75, 3.05) is 7.05 Å². The summed E-state index contributed by atoms with van der Waals surface area (Å²) in [5.74, 6) is 0.608. The maximum atomic E-state index is 12.8. The van der Waals surface area contributed by atoms with Crippen LogP contribution in [0.4, 0.5) is 0 Å². The standard InChI is InChI=1S/C16H26N2O2/c1-18-14(19)13(12-8-4-2-5-9-12)17-15(20)16(18)10-6-3-7-11-16/h12-13H,2-11H2,1H3,(H,17,20). The average Bonchev–Trinajstić information content (AvgIpc) is 2.51. The molecule has 0 bridgehead atoms. The summed E-state index contributed by atoms with van der Waals surface area (Å²) >= 11 is 0. The summed E-state index contributed by atoms with van der Waals surface area (Å²) < 4.78 is 0. The fourth-order valence-electron chi connectivity index (χ4n) is 4.40. The summed E-state index contributed by atoms with van der Waals surface area (Å²) in [5, 5.41) is 3.10. The molecule has 3 aliphatic rings. The van der Waals surface area contributed by atoms with Crippen LogP contribution in [0.1, 0.15) is 64.2 Å². The number of piperazine rings is 1. The Morgan fingerprint density at radius 2 is 1.60 bits per heavy atom. The topological polar surface area (TPSA) is 49.4 Å². The third kappa shape index (κ3) is 2.13. The third-order valence-electron chi connectivity index (χ3n) is 5.75. The molecule has 2 aliphatic carbocycles. The SMILES string of the molecule is CN1C(=O)C(C2CCCCC2)NC(=O)C12CCCCC2. The summed E-state index contributed by atoms with van der Waals surface area (Å²) in [6.45, 7) is 0. The lowest BCUT2D eigenvalue weighted by molar-refractivity contribution is -0.159. The number of likely N-dealkylation sites (N-methyl/N-ethyl adjacent to an activating group) is 1.